The number of nitrogens with two attached hydrogens (primary N) is 1. The number of methoxy groups -OCH3 is 1. The molecule has 2 heterocycles. The molecule has 4 aromatic rings. The van der Waals surface area contributed by atoms with E-state index >= 15 is 0 Å². The Morgan fingerprint density at radius 2 is 1.60 bits per heavy atom. The normalized spacial score (nSPS) is 18.2. The van der Waals surface area contributed by atoms with Crippen molar-refractivity contribution in [3.63, 3.8) is 0 Å². The highest BCUT2D eigenvalue weighted by molar-refractivity contribution is 5.86. The maximum Gasteiger partial charge on any atom is 0.153 e. The van der Waals surface area contributed by atoms with Crippen LogP contribution in [0.2, 0.25) is 0 Å². The molecule has 0 fully saturated rings. The Labute approximate surface area is 177 Å². The van der Waals surface area contributed by atoms with Crippen LogP contribution in [-0.4, -0.2) is 32.7 Å². The smallest absolute Gasteiger partial charge is 0.153 e. The Bertz CT molecular complexity index is 1160. The van der Waals surface area contributed by atoms with Gasteiger partial charge in [-0.25, -0.2) is 0 Å². The van der Waals surface area contributed by atoms with E-state index in [1.807, 2.05) is 0 Å². The number of nitrogens with one attached hydrogen (secondary N) is 1. The van der Waals surface area contributed by atoms with Crippen molar-refractivity contribution in [2.24, 2.45) is 0 Å². The van der Waals surface area contributed by atoms with Gasteiger partial charge in [0.15, 0.2) is 6.04 Å². The third-order valence-electron chi connectivity index (χ3n) is 6.33. The summed E-state index contributed by atoms with van der Waals surface area (Å²) in [5, 5.41) is 3.80. The SMILES string of the molecule is COc1ccc([C@@H]2[NH2+]C[C@@H](c3ccc(N(C)C)cc3)c3c2[nH]c2ccccc32)cc1. The molecule has 0 unspecified atom stereocenters. The van der Waals surface area contributed by atoms with Crippen LogP contribution in [0.25, 0.3) is 10.9 Å². The van der Waals surface area contributed by atoms with E-state index in [4.69, 9.17) is 4.74 Å². The first-order chi connectivity index (χ1) is 14.7. The van der Waals surface area contributed by atoms with Crippen molar-refractivity contribution in [3.05, 3.63) is 95.2 Å². The molecule has 1 aromatic heterocycles. The zero-order chi connectivity index (χ0) is 20.7. The third kappa shape index (κ3) is 3.14. The number of hydrogen-bond acceptors (Lipinski definition) is 2. The summed E-state index contributed by atoms with van der Waals surface area (Å²) in [5.41, 5.74) is 7.86. The first-order valence-corrected chi connectivity index (χ1v) is 10.5. The molecule has 5 rings (SSSR count). The standard InChI is InChI=1S/C26H27N3O/c1-29(2)19-12-8-17(9-13-19)22-16-27-25(18-10-14-20(30-3)15-11-18)26-24(22)21-6-4-5-7-23(21)28-26/h4-15,22,25,27-28H,16H2,1-3H3/p+1/t22-,25-/m0/s1. The molecule has 0 bridgehead atoms. The van der Waals surface area contributed by atoms with Crippen LogP contribution in [0.1, 0.15) is 34.3 Å². The molecule has 0 saturated carbocycles. The van der Waals surface area contributed by atoms with E-state index in [1.54, 1.807) is 7.11 Å². The van der Waals surface area contributed by atoms with E-state index in [2.05, 4.69) is 102 Å². The second kappa shape index (κ2) is 7.54. The Morgan fingerprint density at radius 3 is 2.30 bits per heavy atom. The number of aromatic amines is 1. The van der Waals surface area contributed by atoms with Gasteiger partial charge in [-0.15, -0.1) is 0 Å². The van der Waals surface area contributed by atoms with Gasteiger partial charge in [-0.1, -0.05) is 30.3 Å². The summed E-state index contributed by atoms with van der Waals surface area (Å²) in [6.45, 7) is 1.02. The Morgan fingerprint density at radius 1 is 0.900 bits per heavy atom. The summed E-state index contributed by atoms with van der Waals surface area (Å²) in [6.07, 6.45) is 0. The van der Waals surface area contributed by atoms with Gasteiger partial charge >= 0.3 is 0 Å². The topological polar surface area (TPSA) is 44.9 Å². The first kappa shape index (κ1) is 18.8. The minimum Gasteiger partial charge on any atom is -0.497 e. The highest BCUT2D eigenvalue weighted by Crippen LogP contribution is 2.39. The summed E-state index contributed by atoms with van der Waals surface area (Å²) in [6, 6.07) is 26.4. The molecule has 3 aromatic carbocycles. The van der Waals surface area contributed by atoms with Gasteiger partial charge in [0.2, 0.25) is 0 Å². The highest BCUT2D eigenvalue weighted by atomic mass is 16.5. The second-order valence-corrected chi connectivity index (χ2v) is 8.26. The molecule has 0 amide bonds. The van der Waals surface area contributed by atoms with Gasteiger partial charge in [0.1, 0.15) is 5.75 Å². The zero-order valence-electron chi connectivity index (χ0n) is 17.7. The van der Waals surface area contributed by atoms with Gasteiger partial charge in [0.05, 0.1) is 25.3 Å². The number of benzene rings is 3. The van der Waals surface area contributed by atoms with Crippen molar-refractivity contribution in [1.82, 2.24) is 4.98 Å². The number of anilines is 1. The van der Waals surface area contributed by atoms with Crippen molar-refractivity contribution in [2.75, 3.05) is 32.6 Å². The molecule has 0 saturated heterocycles. The largest absolute Gasteiger partial charge is 0.497 e. The van der Waals surface area contributed by atoms with Gasteiger partial charge in [0, 0.05) is 41.8 Å². The predicted molar refractivity (Wildman–Crippen MR) is 123 cm³/mol. The summed E-state index contributed by atoms with van der Waals surface area (Å²) in [7, 11) is 5.88. The van der Waals surface area contributed by atoms with Crippen molar-refractivity contribution in [3.8, 4) is 5.75 Å². The number of fused-ring (bicyclic) bond motifs is 3. The number of nitrogens with zero attached hydrogens (tertiary/aromatic N) is 1. The van der Waals surface area contributed by atoms with E-state index in [0.29, 0.717) is 5.92 Å². The fraction of sp³-hybridized carbons (Fsp3) is 0.231. The predicted octanol–water partition coefficient (Wildman–Crippen LogP) is 4.04. The fourth-order valence-electron chi connectivity index (χ4n) is 4.73. The molecule has 4 heteroatoms. The fourth-order valence-corrected chi connectivity index (χ4v) is 4.73. The van der Waals surface area contributed by atoms with Crippen molar-refractivity contribution >= 4 is 16.6 Å². The number of rotatable bonds is 4. The lowest BCUT2D eigenvalue weighted by Crippen LogP contribution is -2.88. The van der Waals surface area contributed by atoms with Gasteiger partial charge in [-0.05, 0) is 48.0 Å². The van der Waals surface area contributed by atoms with Gasteiger partial charge in [-0.2, -0.15) is 0 Å². The lowest BCUT2D eigenvalue weighted by atomic mass is 9.83. The first-order valence-electron chi connectivity index (χ1n) is 10.5. The van der Waals surface area contributed by atoms with Crippen molar-refractivity contribution in [1.29, 1.82) is 0 Å². The van der Waals surface area contributed by atoms with Crippen LogP contribution in [0, 0.1) is 0 Å². The average Bonchev–Trinajstić information content (AvgIpc) is 3.18. The minimum atomic E-state index is 0.260. The molecule has 30 heavy (non-hydrogen) atoms. The number of ether oxygens (including phenoxy) is 1. The lowest BCUT2D eigenvalue weighted by molar-refractivity contribution is -0.692. The maximum atomic E-state index is 5.35. The van der Waals surface area contributed by atoms with Gasteiger partial charge in [-0.3, -0.25) is 0 Å². The van der Waals surface area contributed by atoms with Crippen LogP contribution in [0.3, 0.4) is 0 Å². The molecule has 152 valence electrons. The summed E-state index contributed by atoms with van der Waals surface area (Å²) in [5.74, 6) is 1.26. The molecule has 3 N–H and O–H groups in total. The number of H-pyrrole nitrogens is 1. The van der Waals surface area contributed by atoms with Gasteiger partial charge < -0.3 is 19.9 Å². The van der Waals surface area contributed by atoms with E-state index in [-0.39, 0.29) is 6.04 Å². The number of hydrogen-bond donors (Lipinski definition) is 2. The monoisotopic (exact) mass is 398 g/mol. The molecule has 0 spiro atoms. The summed E-state index contributed by atoms with van der Waals surface area (Å²) in [4.78, 5) is 5.90. The summed E-state index contributed by atoms with van der Waals surface area (Å²) >= 11 is 0. The molecule has 0 aliphatic carbocycles. The quantitative estimate of drug-likeness (QED) is 0.545. The lowest BCUT2D eigenvalue weighted by Gasteiger charge is -2.28. The molecule has 4 nitrogen and oxygen atoms in total. The van der Waals surface area contributed by atoms with Crippen molar-refractivity contribution in [2.45, 2.75) is 12.0 Å². The molecular formula is C26H28N3O+. The number of aromatic nitrogens is 1. The number of quaternary nitrogens is 1. The zero-order valence-corrected chi connectivity index (χ0v) is 17.7. The van der Waals surface area contributed by atoms with Crippen LogP contribution in [0.5, 0.6) is 5.75 Å². The Hall–Kier alpha value is -3.24. The van der Waals surface area contributed by atoms with Crippen LogP contribution >= 0.6 is 0 Å². The molecular weight excluding hydrogens is 370 g/mol. The van der Waals surface area contributed by atoms with Crippen molar-refractivity contribution < 1.29 is 10.1 Å². The number of para-hydroxylation sites is 1. The van der Waals surface area contributed by atoms with E-state index in [9.17, 15) is 0 Å². The van der Waals surface area contributed by atoms with Crippen LogP contribution in [-0.2, 0) is 0 Å². The Balaban J connectivity index is 1.61. The molecule has 1 aliphatic rings. The third-order valence-corrected chi connectivity index (χ3v) is 6.33. The minimum absolute atomic E-state index is 0.260. The molecule has 1 aliphatic heterocycles. The van der Waals surface area contributed by atoms with E-state index in [0.717, 1.165) is 12.3 Å². The van der Waals surface area contributed by atoms with E-state index in [1.165, 1.54) is 39.0 Å². The van der Waals surface area contributed by atoms with E-state index < -0.39 is 0 Å². The Kier molecular flexibility index (Phi) is 4.72. The van der Waals surface area contributed by atoms with Gasteiger partial charge in [0.25, 0.3) is 0 Å². The highest BCUT2D eigenvalue weighted by Gasteiger charge is 2.35. The van der Waals surface area contributed by atoms with Crippen LogP contribution in [0.15, 0.2) is 72.8 Å². The van der Waals surface area contributed by atoms with Crippen LogP contribution < -0.4 is 15.0 Å². The molecule has 2 atom stereocenters. The second-order valence-electron chi connectivity index (χ2n) is 8.26. The average molecular weight is 399 g/mol. The van der Waals surface area contributed by atoms with Crippen LogP contribution in [0.4, 0.5) is 5.69 Å². The maximum absolute atomic E-state index is 5.35. The summed E-state index contributed by atoms with van der Waals surface area (Å²) < 4.78 is 5.35. The molecule has 0 radical (unpaired) electrons.